The molecule has 0 saturated carbocycles. The molecular weight excluding hydrogens is 283 g/mol. The molecule has 1 aliphatic heterocycles. The Bertz CT molecular complexity index is 655. The van der Waals surface area contributed by atoms with Gasteiger partial charge in [0, 0.05) is 23.6 Å². The lowest BCUT2D eigenvalue weighted by Crippen LogP contribution is -2.18. The maximum absolute atomic E-state index is 6.18. The number of oxime groups is 1. The van der Waals surface area contributed by atoms with Crippen molar-refractivity contribution in [2.24, 2.45) is 5.16 Å². The van der Waals surface area contributed by atoms with Crippen molar-refractivity contribution in [3.05, 3.63) is 41.0 Å². The molecule has 0 aliphatic carbocycles. The summed E-state index contributed by atoms with van der Waals surface area (Å²) in [6, 6.07) is 7.61. The molecule has 98 valence electrons. The summed E-state index contributed by atoms with van der Waals surface area (Å²) >= 11 is 12.2. The van der Waals surface area contributed by atoms with Gasteiger partial charge in [-0.3, -0.25) is 4.98 Å². The van der Waals surface area contributed by atoms with Crippen molar-refractivity contribution in [2.45, 2.75) is 24.8 Å². The maximum atomic E-state index is 6.18. The summed E-state index contributed by atoms with van der Waals surface area (Å²) in [4.78, 5) is 9.76. The molecule has 2 atom stereocenters. The summed E-state index contributed by atoms with van der Waals surface area (Å²) in [6.45, 7) is 1.91. The van der Waals surface area contributed by atoms with Crippen LogP contribution >= 0.6 is 23.2 Å². The molecule has 0 saturated heterocycles. The van der Waals surface area contributed by atoms with Gasteiger partial charge in [0.1, 0.15) is 6.10 Å². The van der Waals surface area contributed by atoms with Gasteiger partial charge in [0.15, 0.2) is 0 Å². The number of halogens is 2. The van der Waals surface area contributed by atoms with Crippen LogP contribution in [0.15, 0.2) is 35.6 Å². The first-order chi connectivity index (χ1) is 9.16. The van der Waals surface area contributed by atoms with Crippen molar-refractivity contribution in [3.8, 4) is 0 Å². The summed E-state index contributed by atoms with van der Waals surface area (Å²) in [5.74, 6) is 0. The Labute approximate surface area is 121 Å². The van der Waals surface area contributed by atoms with Gasteiger partial charge >= 0.3 is 0 Å². The highest BCUT2D eigenvalue weighted by atomic mass is 35.5. The van der Waals surface area contributed by atoms with Crippen molar-refractivity contribution >= 4 is 39.8 Å². The van der Waals surface area contributed by atoms with E-state index >= 15 is 0 Å². The molecule has 2 heterocycles. The minimum atomic E-state index is -0.0777. The van der Waals surface area contributed by atoms with Crippen LogP contribution in [0, 0.1) is 0 Å². The van der Waals surface area contributed by atoms with Crippen LogP contribution in [-0.2, 0) is 4.84 Å². The van der Waals surface area contributed by atoms with Crippen molar-refractivity contribution < 1.29 is 4.84 Å². The third-order valence-corrected chi connectivity index (χ3v) is 3.84. The summed E-state index contributed by atoms with van der Waals surface area (Å²) in [7, 11) is 0. The van der Waals surface area contributed by atoms with Gasteiger partial charge < -0.3 is 4.84 Å². The minimum Gasteiger partial charge on any atom is -0.390 e. The molecule has 1 aliphatic rings. The van der Waals surface area contributed by atoms with Gasteiger partial charge in [-0.15, -0.1) is 11.6 Å². The van der Waals surface area contributed by atoms with Crippen LogP contribution in [0.2, 0.25) is 5.02 Å². The number of nitrogens with zero attached hydrogens (tertiary/aromatic N) is 2. The van der Waals surface area contributed by atoms with E-state index in [1.54, 1.807) is 6.20 Å². The van der Waals surface area contributed by atoms with Crippen LogP contribution in [0.25, 0.3) is 10.9 Å². The van der Waals surface area contributed by atoms with Crippen molar-refractivity contribution in [2.75, 3.05) is 0 Å². The van der Waals surface area contributed by atoms with Crippen LogP contribution in [0.5, 0.6) is 0 Å². The zero-order valence-corrected chi connectivity index (χ0v) is 11.8. The second-order valence-electron chi connectivity index (χ2n) is 4.56. The highest BCUT2D eigenvalue weighted by Crippen LogP contribution is 2.29. The Balaban J connectivity index is 2.05. The van der Waals surface area contributed by atoms with E-state index in [9.17, 15) is 0 Å². The van der Waals surface area contributed by atoms with Crippen molar-refractivity contribution in [1.29, 1.82) is 0 Å². The molecule has 0 radical (unpaired) electrons. The Morgan fingerprint density at radius 2 is 2.21 bits per heavy atom. The number of pyridine rings is 1. The average Bonchev–Trinajstić information content (AvgIpc) is 2.89. The van der Waals surface area contributed by atoms with E-state index in [0.717, 1.165) is 22.2 Å². The first-order valence-electron chi connectivity index (χ1n) is 6.07. The van der Waals surface area contributed by atoms with E-state index in [1.165, 1.54) is 0 Å². The van der Waals surface area contributed by atoms with E-state index in [1.807, 2.05) is 31.2 Å². The summed E-state index contributed by atoms with van der Waals surface area (Å²) in [6.07, 6.45) is 2.36. The van der Waals surface area contributed by atoms with Crippen LogP contribution < -0.4 is 0 Å². The van der Waals surface area contributed by atoms with Gasteiger partial charge in [0.2, 0.25) is 0 Å². The van der Waals surface area contributed by atoms with E-state index < -0.39 is 0 Å². The minimum absolute atomic E-state index is 0.0761. The molecule has 3 nitrogen and oxygen atoms in total. The van der Waals surface area contributed by atoms with Crippen molar-refractivity contribution in [3.63, 3.8) is 0 Å². The molecule has 0 bridgehead atoms. The Kier molecular flexibility index (Phi) is 3.33. The number of hydrogen-bond donors (Lipinski definition) is 0. The highest BCUT2D eigenvalue weighted by Gasteiger charge is 2.27. The Hall–Kier alpha value is -1.32. The first-order valence-corrected chi connectivity index (χ1v) is 6.88. The third kappa shape index (κ3) is 2.28. The monoisotopic (exact) mass is 294 g/mol. The standard InChI is InChI=1S/C14H12Cl2N2O/c1-8(15)13-7-12(18-19-13)10-4-5-11(16)9-3-2-6-17-14(9)10/h2-6,8,13H,7H2,1H3. The molecule has 2 unspecified atom stereocenters. The van der Waals surface area contributed by atoms with Gasteiger partial charge in [-0.05, 0) is 31.2 Å². The normalized spacial score (nSPS) is 20.2. The smallest absolute Gasteiger partial charge is 0.149 e. The van der Waals surface area contributed by atoms with Gasteiger partial charge in [-0.2, -0.15) is 0 Å². The maximum Gasteiger partial charge on any atom is 0.149 e. The molecule has 0 N–H and O–H groups in total. The second kappa shape index (κ2) is 4.99. The quantitative estimate of drug-likeness (QED) is 0.785. The first kappa shape index (κ1) is 12.7. The van der Waals surface area contributed by atoms with Gasteiger partial charge in [0.05, 0.1) is 21.6 Å². The lowest BCUT2D eigenvalue weighted by atomic mass is 10.0. The number of aromatic nitrogens is 1. The SMILES string of the molecule is CC(Cl)C1CC(c2ccc(Cl)c3cccnc23)=NO1. The van der Waals surface area contributed by atoms with Crippen LogP contribution in [0.4, 0.5) is 0 Å². The molecule has 19 heavy (non-hydrogen) atoms. The predicted octanol–water partition coefficient (Wildman–Crippen LogP) is 4.01. The molecule has 0 fully saturated rings. The number of alkyl halides is 1. The van der Waals surface area contributed by atoms with Crippen LogP contribution in [0.1, 0.15) is 18.9 Å². The zero-order chi connectivity index (χ0) is 13.4. The fourth-order valence-corrected chi connectivity index (χ4v) is 2.52. The second-order valence-corrected chi connectivity index (χ2v) is 5.65. The van der Waals surface area contributed by atoms with Crippen molar-refractivity contribution in [1.82, 2.24) is 4.98 Å². The highest BCUT2D eigenvalue weighted by molar-refractivity contribution is 6.36. The van der Waals surface area contributed by atoms with E-state index in [2.05, 4.69) is 10.1 Å². The summed E-state index contributed by atoms with van der Waals surface area (Å²) < 4.78 is 0. The average molecular weight is 295 g/mol. The number of rotatable bonds is 2. The largest absolute Gasteiger partial charge is 0.390 e. The Morgan fingerprint density at radius 1 is 1.37 bits per heavy atom. The summed E-state index contributed by atoms with van der Waals surface area (Å²) in [5, 5.41) is 5.67. The van der Waals surface area contributed by atoms with Crippen LogP contribution in [0.3, 0.4) is 0 Å². The summed E-state index contributed by atoms with van der Waals surface area (Å²) in [5.41, 5.74) is 2.68. The molecule has 3 rings (SSSR count). The van der Waals surface area contributed by atoms with E-state index in [4.69, 9.17) is 28.0 Å². The number of benzene rings is 1. The molecule has 0 spiro atoms. The van der Waals surface area contributed by atoms with Gasteiger partial charge in [-0.25, -0.2) is 0 Å². The fourth-order valence-electron chi connectivity index (χ4n) is 2.17. The lowest BCUT2D eigenvalue weighted by Gasteiger charge is -2.09. The molecule has 1 aromatic heterocycles. The molecule has 2 aromatic rings. The van der Waals surface area contributed by atoms with Crippen LogP contribution in [-0.4, -0.2) is 22.2 Å². The lowest BCUT2D eigenvalue weighted by molar-refractivity contribution is 0.0855. The predicted molar refractivity (Wildman–Crippen MR) is 78.1 cm³/mol. The van der Waals surface area contributed by atoms with Gasteiger partial charge in [0.25, 0.3) is 0 Å². The molecule has 0 amide bonds. The molecule has 1 aromatic carbocycles. The fraction of sp³-hybridized carbons (Fsp3) is 0.286. The van der Waals surface area contributed by atoms with E-state index in [-0.39, 0.29) is 11.5 Å². The van der Waals surface area contributed by atoms with E-state index in [0.29, 0.717) is 11.4 Å². The number of fused-ring (bicyclic) bond motifs is 1. The molecule has 5 heteroatoms. The Morgan fingerprint density at radius 3 is 2.95 bits per heavy atom. The molecular formula is C14H12Cl2N2O. The number of hydrogen-bond acceptors (Lipinski definition) is 3. The zero-order valence-electron chi connectivity index (χ0n) is 10.3. The van der Waals surface area contributed by atoms with Gasteiger partial charge in [-0.1, -0.05) is 16.8 Å². The topological polar surface area (TPSA) is 34.5 Å². The third-order valence-electron chi connectivity index (χ3n) is 3.23.